The molecule has 28 heavy (non-hydrogen) atoms. The Labute approximate surface area is 192 Å². The molecule has 0 saturated carbocycles. The number of carbonyl (C=O) groups is 1. The lowest BCUT2D eigenvalue weighted by Crippen LogP contribution is -2.45. The van der Waals surface area contributed by atoms with Crippen LogP contribution in [0.4, 0.5) is 0 Å². The second-order valence-corrected chi connectivity index (χ2v) is 7.17. The zero-order valence-corrected chi connectivity index (χ0v) is 20.8. The third-order valence-electron chi connectivity index (χ3n) is 4.49. The van der Waals surface area contributed by atoms with Gasteiger partial charge in [0, 0.05) is 36.6 Å². The number of likely N-dealkylation sites (tertiary alicyclic amines) is 1. The number of benzene rings is 1. The minimum atomic E-state index is 0. The molecule has 7 nitrogen and oxygen atoms in total. The van der Waals surface area contributed by atoms with Crippen LogP contribution in [-0.2, 0) is 11.3 Å². The van der Waals surface area contributed by atoms with E-state index >= 15 is 0 Å². The van der Waals surface area contributed by atoms with Crippen molar-refractivity contribution in [2.75, 3.05) is 33.9 Å². The first-order valence-corrected chi connectivity index (χ1v) is 10.0. The molecule has 158 valence electrons. The van der Waals surface area contributed by atoms with E-state index in [0.29, 0.717) is 24.5 Å². The van der Waals surface area contributed by atoms with Gasteiger partial charge >= 0.3 is 0 Å². The third-order valence-corrected chi connectivity index (χ3v) is 5.23. The summed E-state index contributed by atoms with van der Waals surface area (Å²) in [6.07, 6.45) is 1.48. The van der Waals surface area contributed by atoms with Gasteiger partial charge in [0.25, 0.3) is 0 Å². The predicted octanol–water partition coefficient (Wildman–Crippen LogP) is 3.15. The molecule has 1 amide bonds. The van der Waals surface area contributed by atoms with Crippen LogP contribution in [0.2, 0.25) is 0 Å². The highest BCUT2D eigenvalue weighted by Gasteiger charge is 2.25. The molecule has 1 saturated heterocycles. The van der Waals surface area contributed by atoms with E-state index in [1.807, 2.05) is 30.9 Å². The highest BCUT2D eigenvalue weighted by Crippen LogP contribution is 2.33. The monoisotopic (exact) mass is 568 g/mol. The molecule has 2 rings (SSSR count). The summed E-state index contributed by atoms with van der Waals surface area (Å²) in [6.45, 7) is 6.70. The van der Waals surface area contributed by atoms with Crippen molar-refractivity contribution >= 4 is 51.8 Å². The Hall–Kier alpha value is -1.23. The molecular weight excluding hydrogens is 539 g/mol. The van der Waals surface area contributed by atoms with Crippen molar-refractivity contribution in [3.8, 4) is 11.5 Å². The van der Waals surface area contributed by atoms with Gasteiger partial charge in [-0.2, -0.15) is 0 Å². The van der Waals surface area contributed by atoms with Crippen LogP contribution in [0.25, 0.3) is 0 Å². The lowest BCUT2D eigenvalue weighted by atomic mass is 10.2. The number of ether oxygens (including phenoxy) is 2. The van der Waals surface area contributed by atoms with Crippen molar-refractivity contribution < 1.29 is 14.3 Å². The Morgan fingerprint density at radius 3 is 2.57 bits per heavy atom. The molecule has 1 aromatic carbocycles. The zero-order valence-electron chi connectivity index (χ0n) is 16.9. The second-order valence-electron chi connectivity index (χ2n) is 6.32. The van der Waals surface area contributed by atoms with Crippen molar-refractivity contribution in [2.24, 2.45) is 4.99 Å². The molecule has 1 fully saturated rings. The topological polar surface area (TPSA) is 75.2 Å². The summed E-state index contributed by atoms with van der Waals surface area (Å²) in [5.41, 5.74) is 0.999. The number of amides is 1. The van der Waals surface area contributed by atoms with E-state index < -0.39 is 0 Å². The summed E-state index contributed by atoms with van der Waals surface area (Å²) in [6, 6.07) is 4.02. The van der Waals surface area contributed by atoms with Gasteiger partial charge in [0.2, 0.25) is 5.91 Å². The van der Waals surface area contributed by atoms with Crippen LogP contribution in [0, 0.1) is 0 Å². The van der Waals surface area contributed by atoms with Crippen molar-refractivity contribution in [2.45, 2.75) is 39.3 Å². The molecule has 0 spiro atoms. The molecule has 1 unspecified atom stereocenters. The maximum atomic E-state index is 11.9. The molecule has 1 aliphatic rings. The Kier molecular flexibility index (Phi) is 10.9. The highest BCUT2D eigenvalue weighted by atomic mass is 127. The van der Waals surface area contributed by atoms with E-state index in [2.05, 4.69) is 26.6 Å². The summed E-state index contributed by atoms with van der Waals surface area (Å²) < 4.78 is 11.6. The maximum Gasteiger partial charge on any atom is 0.222 e. The Morgan fingerprint density at radius 1 is 1.29 bits per heavy atom. The molecule has 1 aliphatic heterocycles. The third kappa shape index (κ3) is 6.68. The van der Waals surface area contributed by atoms with Gasteiger partial charge in [-0.25, -0.2) is 4.99 Å². The second kappa shape index (κ2) is 12.4. The van der Waals surface area contributed by atoms with E-state index in [1.54, 1.807) is 14.2 Å². The molecular formula is C19H30BrIN4O3. The summed E-state index contributed by atoms with van der Waals surface area (Å²) in [5, 5.41) is 6.71. The van der Waals surface area contributed by atoms with E-state index in [1.165, 1.54) is 0 Å². The minimum absolute atomic E-state index is 0. The molecule has 0 aromatic heterocycles. The number of nitrogens with zero attached hydrogens (tertiary/aromatic N) is 2. The maximum absolute atomic E-state index is 11.9. The number of hydrogen-bond donors (Lipinski definition) is 2. The van der Waals surface area contributed by atoms with Gasteiger partial charge in [-0.05, 0) is 31.0 Å². The van der Waals surface area contributed by atoms with Crippen LogP contribution >= 0.6 is 39.9 Å². The van der Waals surface area contributed by atoms with Gasteiger partial charge in [-0.3, -0.25) is 4.79 Å². The fourth-order valence-electron chi connectivity index (χ4n) is 3.02. The SMILES string of the molecule is CCNC(=NCc1cc(OC)c(OC)cc1Br)NC1CCN(C(=O)CC)C1.I. The average molecular weight is 569 g/mol. The van der Waals surface area contributed by atoms with E-state index in [-0.39, 0.29) is 35.9 Å². The first-order chi connectivity index (χ1) is 13.0. The molecule has 1 aromatic rings. The van der Waals surface area contributed by atoms with Crippen LogP contribution < -0.4 is 20.1 Å². The molecule has 1 heterocycles. The molecule has 9 heteroatoms. The lowest BCUT2D eigenvalue weighted by molar-refractivity contribution is -0.129. The summed E-state index contributed by atoms with van der Waals surface area (Å²) in [7, 11) is 3.23. The summed E-state index contributed by atoms with van der Waals surface area (Å²) >= 11 is 3.57. The van der Waals surface area contributed by atoms with Gasteiger partial charge in [0.05, 0.1) is 20.8 Å². The largest absolute Gasteiger partial charge is 0.493 e. The normalized spacial score (nSPS) is 16.4. The molecule has 2 N–H and O–H groups in total. The van der Waals surface area contributed by atoms with Gasteiger partial charge in [0.1, 0.15) is 0 Å². The number of carbonyl (C=O) groups excluding carboxylic acids is 1. The number of methoxy groups -OCH3 is 2. The summed E-state index contributed by atoms with van der Waals surface area (Å²) in [5.74, 6) is 2.30. The van der Waals surface area contributed by atoms with Crippen molar-refractivity contribution in [3.05, 3.63) is 22.2 Å². The Balaban J connectivity index is 0.00000392. The number of aliphatic imine (C=N–C) groups is 1. The van der Waals surface area contributed by atoms with Gasteiger partial charge in [0.15, 0.2) is 17.5 Å². The molecule has 1 atom stereocenters. The van der Waals surface area contributed by atoms with Crippen LogP contribution in [0.5, 0.6) is 11.5 Å². The number of rotatable bonds is 7. The molecule has 0 aliphatic carbocycles. The molecule has 0 radical (unpaired) electrons. The quantitative estimate of drug-likeness (QED) is 0.300. The van der Waals surface area contributed by atoms with Crippen LogP contribution in [0.15, 0.2) is 21.6 Å². The fourth-order valence-corrected chi connectivity index (χ4v) is 3.47. The average Bonchev–Trinajstić information content (AvgIpc) is 3.14. The molecule has 0 bridgehead atoms. The van der Waals surface area contributed by atoms with Crippen molar-refractivity contribution in [3.63, 3.8) is 0 Å². The van der Waals surface area contributed by atoms with Crippen LogP contribution in [0.1, 0.15) is 32.3 Å². The number of halogens is 2. The number of hydrogen-bond acceptors (Lipinski definition) is 4. The standard InChI is InChI=1S/C19H29BrN4O3.HI/c1-5-18(25)24-8-7-14(12-24)23-19(21-6-2)22-11-13-9-16(26-3)17(27-4)10-15(13)20;/h9-10,14H,5-8,11-12H2,1-4H3,(H2,21,22,23);1H. The highest BCUT2D eigenvalue weighted by molar-refractivity contribution is 14.0. The first kappa shape index (κ1) is 24.8. The van der Waals surface area contributed by atoms with Gasteiger partial charge < -0.3 is 25.0 Å². The Bertz CT molecular complexity index is 687. The fraction of sp³-hybridized carbons (Fsp3) is 0.579. The summed E-state index contributed by atoms with van der Waals surface area (Å²) in [4.78, 5) is 18.5. The van der Waals surface area contributed by atoms with Gasteiger partial charge in [-0.15, -0.1) is 24.0 Å². The van der Waals surface area contributed by atoms with E-state index in [0.717, 1.165) is 42.1 Å². The van der Waals surface area contributed by atoms with Crippen LogP contribution in [0.3, 0.4) is 0 Å². The number of guanidine groups is 1. The first-order valence-electron chi connectivity index (χ1n) is 9.25. The van der Waals surface area contributed by atoms with Crippen LogP contribution in [-0.4, -0.2) is 56.7 Å². The lowest BCUT2D eigenvalue weighted by Gasteiger charge is -2.19. The van der Waals surface area contributed by atoms with E-state index in [4.69, 9.17) is 14.5 Å². The predicted molar refractivity (Wildman–Crippen MR) is 126 cm³/mol. The van der Waals surface area contributed by atoms with Crippen molar-refractivity contribution in [1.82, 2.24) is 15.5 Å². The smallest absolute Gasteiger partial charge is 0.222 e. The minimum Gasteiger partial charge on any atom is -0.493 e. The Morgan fingerprint density at radius 2 is 1.96 bits per heavy atom. The van der Waals surface area contributed by atoms with Gasteiger partial charge in [-0.1, -0.05) is 22.9 Å². The van der Waals surface area contributed by atoms with E-state index in [9.17, 15) is 4.79 Å². The zero-order chi connectivity index (χ0) is 19.8. The van der Waals surface area contributed by atoms with Crippen molar-refractivity contribution in [1.29, 1.82) is 0 Å². The number of nitrogens with one attached hydrogen (secondary N) is 2.